The van der Waals surface area contributed by atoms with Crippen molar-refractivity contribution in [3.05, 3.63) is 0 Å². The first-order valence-corrected chi connectivity index (χ1v) is 6.19. The molecule has 2 rings (SSSR count). The molecule has 0 aromatic carbocycles. The van der Waals surface area contributed by atoms with Gasteiger partial charge in [-0.3, -0.25) is 9.35 Å². The second kappa shape index (κ2) is 3.91. The summed E-state index contributed by atoms with van der Waals surface area (Å²) in [5.41, 5.74) is 5.41. The number of urea groups is 1. The molecule has 0 aromatic heterocycles. The van der Waals surface area contributed by atoms with E-state index in [1.807, 2.05) is 0 Å². The topological polar surface area (TPSA) is 130 Å². The third-order valence-corrected chi connectivity index (χ3v) is 3.13. The molecule has 0 unspecified atom stereocenters. The Hall–Kier alpha value is -1.23. The summed E-state index contributed by atoms with van der Waals surface area (Å²) >= 11 is 0. The standard InChI is InChI=1S/C7H11N3O6S/c8-2-4-1-6(11)5-3-9(4)7(12)10(5)16-17(13,14)15/h4-5H,1-3,8H2,(H,13,14,15)/t4-,5-/m0/s1. The number of nitrogens with zero attached hydrogens (tertiary/aromatic N) is 2. The van der Waals surface area contributed by atoms with Crippen molar-refractivity contribution in [2.45, 2.75) is 18.5 Å². The number of rotatable bonds is 3. The number of ketones is 1. The molecule has 3 N–H and O–H groups in total. The molecule has 2 atom stereocenters. The normalized spacial score (nSPS) is 29.1. The molecule has 10 heteroatoms. The molecule has 2 heterocycles. The van der Waals surface area contributed by atoms with Gasteiger partial charge in [0.05, 0.1) is 12.6 Å². The first-order chi connectivity index (χ1) is 7.83. The van der Waals surface area contributed by atoms with Gasteiger partial charge in [-0.15, -0.1) is 4.28 Å². The first-order valence-electron chi connectivity index (χ1n) is 4.83. The molecule has 9 nitrogen and oxygen atoms in total. The Morgan fingerprint density at radius 1 is 1.47 bits per heavy atom. The maximum absolute atomic E-state index is 11.7. The van der Waals surface area contributed by atoms with E-state index < -0.39 is 28.5 Å². The Bertz CT molecular complexity index is 462. The second-order valence-corrected chi connectivity index (χ2v) is 4.84. The minimum absolute atomic E-state index is 0.0229. The van der Waals surface area contributed by atoms with E-state index in [1.54, 1.807) is 0 Å². The van der Waals surface area contributed by atoms with Crippen LogP contribution in [0.2, 0.25) is 0 Å². The van der Waals surface area contributed by atoms with Crippen LogP contribution in [0.4, 0.5) is 4.79 Å². The van der Waals surface area contributed by atoms with Crippen LogP contribution >= 0.6 is 0 Å². The van der Waals surface area contributed by atoms with Crippen molar-refractivity contribution >= 4 is 22.2 Å². The highest BCUT2D eigenvalue weighted by molar-refractivity contribution is 7.80. The number of hydrogen-bond acceptors (Lipinski definition) is 6. The van der Waals surface area contributed by atoms with Gasteiger partial charge in [0.15, 0.2) is 5.78 Å². The Kier molecular flexibility index (Phi) is 2.81. The molecule has 0 aliphatic carbocycles. The molecular formula is C7H11N3O6S. The average molecular weight is 265 g/mol. The lowest BCUT2D eigenvalue weighted by Gasteiger charge is -2.28. The van der Waals surface area contributed by atoms with E-state index in [1.165, 1.54) is 4.90 Å². The van der Waals surface area contributed by atoms with Gasteiger partial charge >= 0.3 is 16.4 Å². The van der Waals surface area contributed by atoms with Crippen LogP contribution in [0, 0.1) is 0 Å². The van der Waals surface area contributed by atoms with Crippen LogP contribution in [0.1, 0.15) is 6.42 Å². The molecule has 0 saturated carbocycles. The summed E-state index contributed by atoms with van der Waals surface area (Å²) in [6.45, 7) is 0.124. The number of hydrogen-bond donors (Lipinski definition) is 2. The van der Waals surface area contributed by atoms with Crippen LogP contribution in [0.3, 0.4) is 0 Å². The molecule has 0 radical (unpaired) electrons. The third kappa shape index (κ3) is 2.11. The minimum atomic E-state index is -4.83. The summed E-state index contributed by atoms with van der Waals surface area (Å²) in [6.07, 6.45) is 0.0538. The Morgan fingerprint density at radius 2 is 2.12 bits per heavy atom. The van der Waals surface area contributed by atoms with Gasteiger partial charge in [-0.05, 0) is 0 Å². The fraction of sp³-hybridized carbons (Fsp3) is 0.714. The van der Waals surface area contributed by atoms with Crippen LogP contribution in [0.5, 0.6) is 0 Å². The molecule has 2 fully saturated rings. The number of amides is 2. The summed E-state index contributed by atoms with van der Waals surface area (Å²) in [4.78, 5) is 24.6. The molecule has 0 aromatic rings. The molecule has 0 spiro atoms. The number of fused-ring (bicyclic) bond motifs is 2. The lowest BCUT2D eigenvalue weighted by Crippen LogP contribution is -2.48. The predicted octanol–water partition coefficient (Wildman–Crippen LogP) is -1.87. The van der Waals surface area contributed by atoms with E-state index in [0.717, 1.165) is 0 Å². The molecular weight excluding hydrogens is 254 g/mol. The third-order valence-electron chi connectivity index (χ3n) is 2.78. The van der Waals surface area contributed by atoms with Crippen molar-refractivity contribution in [3.8, 4) is 0 Å². The van der Waals surface area contributed by atoms with Gasteiger partial charge in [-0.1, -0.05) is 0 Å². The van der Waals surface area contributed by atoms with E-state index in [9.17, 15) is 18.0 Å². The maximum Gasteiger partial charge on any atom is 0.418 e. The molecule has 2 bridgehead atoms. The fourth-order valence-corrected chi connectivity index (χ4v) is 2.38. The Morgan fingerprint density at radius 3 is 2.65 bits per heavy atom. The van der Waals surface area contributed by atoms with Crippen LogP contribution in [0.15, 0.2) is 0 Å². The lowest BCUT2D eigenvalue weighted by atomic mass is 10.00. The summed E-state index contributed by atoms with van der Waals surface area (Å²) in [7, 11) is -4.83. The number of nitrogens with two attached hydrogens (primary N) is 1. The van der Waals surface area contributed by atoms with E-state index >= 15 is 0 Å². The minimum Gasteiger partial charge on any atom is -0.328 e. The quantitative estimate of drug-likeness (QED) is 0.571. The molecule has 96 valence electrons. The molecule has 2 aliphatic rings. The van der Waals surface area contributed by atoms with Crippen LogP contribution < -0.4 is 5.73 Å². The van der Waals surface area contributed by atoms with Gasteiger partial charge < -0.3 is 10.6 Å². The van der Waals surface area contributed by atoms with Crippen LogP contribution in [0.25, 0.3) is 0 Å². The van der Waals surface area contributed by atoms with Crippen molar-refractivity contribution in [2.24, 2.45) is 5.73 Å². The zero-order valence-corrected chi connectivity index (χ0v) is 9.46. The van der Waals surface area contributed by atoms with Gasteiger partial charge in [0.1, 0.15) is 6.04 Å². The highest BCUT2D eigenvalue weighted by atomic mass is 32.3. The van der Waals surface area contributed by atoms with Gasteiger partial charge in [-0.2, -0.15) is 13.5 Å². The van der Waals surface area contributed by atoms with E-state index in [-0.39, 0.29) is 25.3 Å². The van der Waals surface area contributed by atoms with Gasteiger partial charge in [0, 0.05) is 13.0 Å². The Balaban J connectivity index is 2.26. The monoisotopic (exact) mass is 265 g/mol. The predicted molar refractivity (Wildman–Crippen MR) is 52.8 cm³/mol. The number of carbonyl (C=O) groups excluding carboxylic acids is 2. The molecule has 2 amide bonds. The highest BCUT2D eigenvalue weighted by Crippen LogP contribution is 2.27. The fourth-order valence-electron chi connectivity index (χ4n) is 2.01. The number of piperidine rings is 1. The van der Waals surface area contributed by atoms with E-state index in [2.05, 4.69) is 4.28 Å². The van der Waals surface area contributed by atoms with Crippen molar-refractivity contribution in [3.63, 3.8) is 0 Å². The zero-order chi connectivity index (χ0) is 12.8. The number of hydroxylamine groups is 2. The molecule has 2 saturated heterocycles. The highest BCUT2D eigenvalue weighted by Gasteiger charge is 2.51. The van der Waals surface area contributed by atoms with Crippen molar-refractivity contribution in [1.82, 2.24) is 9.96 Å². The summed E-state index contributed by atoms with van der Waals surface area (Å²) in [6, 6.07) is -2.25. The maximum atomic E-state index is 11.7. The van der Waals surface area contributed by atoms with Crippen molar-refractivity contribution in [1.29, 1.82) is 0 Å². The van der Waals surface area contributed by atoms with Gasteiger partial charge in [-0.25, -0.2) is 4.79 Å². The van der Waals surface area contributed by atoms with Gasteiger partial charge in [0.2, 0.25) is 0 Å². The number of carbonyl (C=O) groups is 2. The smallest absolute Gasteiger partial charge is 0.328 e. The SMILES string of the molecule is NC[C@@H]1CC(=O)[C@@H]2CN1C(=O)N2OS(=O)(=O)O. The van der Waals surface area contributed by atoms with Crippen LogP contribution in [-0.4, -0.2) is 59.9 Å². The summed E-state index contributed by atoms with van der Waals surface area (Å²) in [5.74, 6) is -0.341. The van der Waals surface area contributed by atoms with Crippen molar-refractivity contribution < 1.29 is 26.8 Å². The van der Waals surface area contributed by atoms with E-state index in [0.29, 0.717) is 5.06 Å². The molecule has 2 aliphatic heterocycles. The summed E-state index contributed by atoms with van der Waals surface area (Å²) in [5, 5.41) is 0.382. The Labute approximate surface area is 97.0 Å². The van der Waals surface area contributed by atoms with E-state index in [4.69, 9.17) is 10.3 Å². The molecule has 17 heavy (non-hydrogen) atoms. The second-order valence-electron chi connectivity index (χ2n) is 3.84. The van der Waals surface area contributed by atoms with Gasteiger partial charge in [0.25, 0.3) is 0 Å². The summed E-state index contributed by atoms with van der Waals surface area (Å²) < 4.78 is 33.8. The van der Waals surface area contributed by atoms with Crippen LogP contribution in [-0.2, 0) is 19.5 Å². The first kappa shape index (κ1) is 12.2. The number of Topliss-reactive ketones (excluding diaryl/α,β-unsaturated/α-hetero) is 1. The lowest BCUT2D eigenvalue weighted by molar-refractivity contribution is -0.131. The zero-order valence-electron chi connectivity index (χ0n) is 8.64. The van der Waals surface area contributed by atoms with Crippen molar-refractivity contribution in [2.75, 3.05) is 13.1 Å². The average Bonchev–Trinajstić information content (AvgIpc) is 2.48. The largest absolute Gasteiger partial charge is 0.418 e.